The van der Waals surface area contributed by atoms with Crippen LogP contribution >= 0.6 is 0 Å². The molecule has 2 saturated heterocycles. The van der Waals surface area contributed by atoms with Crippen LogP contribution in [0.3, 0.4) is 0 Å². The first kappa shape index (κ1) is 24.3. The van der Waals surface area contributed by atoms with Crippen LogP contribution in [-0.2, 0) is 20.6 Å². The van der Waals surface area contributed by atoms with Gasteiger partial charge in [0.15, 0.2) is 6.29 Å². The Bertz CT molecular complexity index is 1070. The summed E-state index contributed by atoms with van der Waals surface area (Å²) in [7, 11) is 3.35. The van der Waals surface area contributed by atoms with Crippen molar-refractivity contribution in [2.24, 2.45) is 11.8 Å². The fourth-order valence-electron chi connectivity index (χ4n) is 6.21. The fourth-order valence-corrected chi connectivity index (χ4v) is 6.21. The maximum absolute atomic E-state index is 15.6. The number of ether oxygens (including phenoxy) is 3. The van der Waals surface area contributed by atoms with Gasteiger partial charge in [-0.25, -0.2) is 4.39 Å². The lowest BCUT2D eigenvalue weighted by Gasteiger charge is -2.36. The second kappa shape index (κ2) is 10.7. The quantitative estimate of drug-likeness (QED) is 0.549. The number of benzene rings is 2. The summed E-state index contributed by atoms with van der Waals surface area (Å²) in [6.07, 6.45) is 5.46. The van der Waals surface area contributed by atoms with E-state index in [9.17, 15) is 5.11 Å². The van der Waals surface area contributed by atoms with Gasteiger partial charge < -0.3 is 24.2 Å². The van der Waals surface area contributed by atoms with Crippen molar-refractivity contribution in [3.8, 4) is 5.75 Å². The van der Waals surface area contributed by atoms with Gasteiger partial charge in [-0.1, -0.05) is 17.7 Å². The summed E-state index contributed by atoms with van der Waals surface area (Å²) in [6, 6.07) is 11.3. The second-order valence-electron chi connectivity index (χ2n) is 9.96. The van der Waals surface area contributed by atoms with E-state index in [-0.39, 0.29) is 17.9 Å². The van der Waals surface area contributed by atoms with Crippen LogP contribution in [-0.4, -0.2) is 51.9 Å². The molecule has 2 aromatic rings. The molecule has 0 unspecified atom stereocenters. The van der Waals surface area contributed by atoms with Crippen LogP contribution in [0.25, 0.3) is 5.57 Å². The van der Waals surface area contributed by atoms with Crippen molar-refractivity contribution in [1.29, 1.82) is 0 Å². The molecule has 2 heterocycles. The zero-order chi connectivity index (χ0) is 24.4. The average Bonchev–Trinajstić information content (AvgIpc) is 2.89. The van der Waals surface area contributed by atoms with Crippen LogP contribution in [0.2, 0.25) is 0 Å². The lowest BCUT2D eigenvalue weighted by Crippen LogP contribution is -2.39. The Morgan fingerprint density at radius 1 is 0.971 bits per heavy atom. The number of anilines is 1. The number of fused-ring (bicyclic) bond motifs is 1. The molecule has 2 aliphatic heterocycles. The number of phenols is 1. The molecule has 188 valence electrons. The van der Waals surface area contributed by atoms with E-state index in [2.05, 4.69) is 11.0 Å². The van der Waals surface area contributed by atoms with Gasteiger partial charge in [0.25, 0.3) is 0 Å². The number of aromatic hydroxyl groups is 1. The molecule has 1 aliphatic carbocycles. The van der Waals surface area contributed by atoms with Gasteiger partial charge in [0.2, 0.25) is 0 Å². The van der Waals surface area contributed by atoms with E-state index < -0.39 is 0 Å². The molecular formula is C29H36FNO4. The molecule has 0 atom stereocenters. The van der Waals surface area contributed by atoms with E-state index in [1.54, 1.807) is 26.4 Å². The predicted molar refractivity (Wildman–Crippen MR) is 135 cm³/mol. The molecule has 0 aromatic heterocycles. The first-order chi connectivity index (χ1) is 17.1. The predicted octanol–water partition coefficient (Wildman–Crippen LogP) is 5.54. The fraction of sp³-hybridized carbons (Fsp3) is 0.517. The molecule has 5 rings (SSSR count). The van der Waals surface area contributed by atoms with Crippen LogP contribution in [0.5, 0.6) is 5.75 Å². The smallest absolute Gasteiger partial charge is 0.159 e. The number of halogens is 1. The summed E-state index contributed by atoms with van der Waals surface area (Å²) < 4.78 is 32.1. The van der Waals surface area contributed by atoms with Crippen LogP contribution < -0.4 is 4.90 Å². The van der Waals surface area contributed by atoms with Crippen molar-refractivity contribution in [2.75, 3.05) is 45.4 Å². The second-order valence-corrected chi connectivity index (χ2v) is 9.96. The van der Waals surface area contributed by atoms with Gasteiger partial charge in [-0.05, 0) is 91.0 Å². The number of hydrogen-bond acceptors (Lipinski definition) is 5. The van der Waals surface area contributed by atoms with Crippen LogP contribution in [0.1, 0.15) is 48.8 Å². The minimum atomic E-state index is -0.203. The third kappa shape index (κ3) is 4.97. The van der Waals surface area contributed by atoms with Crippen LogP contribution in [0.4, 0.5) is 10.1 Å². The monoisotopic (exact) mass is 481 g/mol. The van der Waals surface area contributed by atoms with Crippen molar-refractivity contribution < 1.29 is 23.7 Å². The van der Waals surface area contributed by atoms with Crippen molar-refractivity contribution in [1.82, 2.24) is 0 Å². The Balaban J connectivity index is 1.45. The zero-order valence-electron chi connectivity index (χ0n) is 20.8. The Morgan fingerprint density at radius 3 is 2.40 bits per heavy atom. The SMILES string of the molecule is COC(OC)C1CCN(c2ccc(C3=C(C4CCOCC4)CCc4cc(O)ccc43)cc2F)CC1. The van der Waals surface area contributed by atoms with Crippen LogP contribution in [0, 0.1) is 17.7 Å². The molecule has 1 N–H and O–H groups in total. The molecule has 0 spiro atoms. The van der Waals surface area contributed by atoms with Gasteiger partial charge in [-0.15, -0.1) is 0 Å². The maximum Gasteiger partial charge on any atom is 0.159 e. The highest BCUT2D eigenvalue weighted by molar-refractivity contribution is 5.86. The number of phenolic OH excluding ortho intramolecular Hbond substituents is 1. The van der Waals surface area contributed by atoms with Gasteiger partial charge in [0.1, 0.15) is 11.6 Å². The molecule has 3 aliphatic rings. The highest BCUT2D eigenvalue weighted by atomic mass is 19.1. The van der Waals surface area contributed by atoms with Gasteiger partial charge in [-0.2, -0.15) is 0 Å². The minimum absolute atomic E-state index is 0.180. The first-order valence-corrected chi connectivity index (χ1v) is 12.8. The molecule has 5 nitrogen and oxygen atoms in total. The van der Waals surface area contributed by atoms with Crippen molar-refractivity contribution in [3.05, 3.63) is 64.5 Å². The van der Waals surface area contributed by atoms with Crippen LogP contribution in [0.15, 0.2) is 42.0 Å². The number of rotatable bonds is 6. The maximum atomic E-state index is 15.6. The summed E-state index contributed by atoms with van der Waals surface area (Å²) in [5.41, 5.74) is 6.39. The van der Waals surface area contributed by atoms with Gasteiger partial charge in [-0.3, -0.25) is 0 Å². The third-order valence-electron chi connectivity index (χ3n) is 8.02. The van der Waals surface area contributed by atoms with E-state index in [4.69, 9.17) is 14.2 Å². The highest BCUT2D eigenvalue weighted by Crippen LogP contribution is 2.43. The molecule has 0 radical (unpaired) electrons. The molecule has 35 heavy (non-hydrogen) atoms. The van der Waals surface area contributed by atoms with Crippen molar-refractivity contribution in [3.63, 3.8) is 0 Å². The number of piperidine rings is 1. The van der Waals surface area contributed by atoms with Gasteiger partial charge >= 0.3 is 0 Å². The van der Waals surface area contributed by atoms with E-state index in [0.717, 1.165) is 87.1 Å². The third-order valence-corrected chi connectivity index (χ3v) is 8.02. The molecule has 0 saturated carbocycles. The normalized spacial score (nSPS) is 19.9. The number of aryl methyl sites for hydroxylation is 1. The Kier molecular flexibility index (Phi) is 7.42. The van der Waals surface area contributed by atoms with E-state index in [1.165, 1.54) is 5.57 Å². The number of nitrogens with zero attached hydrogens (tertiary/aromatic N) is 1. The van der Waals surface area contributed by atoms with E-state index >= 15 is 4.39 Å². The number of hydrogen-bond donors (Lipinski definition) is 1. The van der Waals surface area contributed by atoms with Crippen molar-refractivity contribution in [2.45, 2.75) is 44.8 Å². The summed E-state index contributed by atoms with van der Waals surface area (Å²) in [5, 5.41) is 10.1. The zero-order valence-corrected chi connectivity index (χ0v) is 20.8. The summed E-state index contributed by atoms with van der Waals surface area (Å²) in [4.78, 5) is 2.14. The highest BCUT2D eigenvalue weighted by Gasteiger charge is 2.30. The topological polar surface area (TPSA) is 51.2 Å². The number of methoxy groups -OCH3 is 2. The summed E-state index contributed by atoms with van der Waals surface area (Å²) in [6.45, 7) is 3.12. The van der Waals surface area contributed by atoms with Crippen molar-refractivity contribution >= 4 is 11.3 Å². The molecule has 2 aromatic carbocycles. The van der Waals surface area contributed by atoms with Gasteiger partial charge in [0, 0.05) is 46.4 Å². The summed E-state index contributed by atoms with van der Waals surface area (Å²) >= 11 is 0. The lowest BCUT2D eigenvalue weighted by molar-refractivity contribution is -0.141. The lowest BCUT2D eigenvalue weighted by atomic mass is 9.75. The standard InChI is InChI=1S/C29H36FNO4/c1-33-29(34-2)20-9-13-31(14-10-20)27-8-4-22(18-26(27)30)28-24(19-11-15-35-16-12-19)6-3-21-17-23(32)5-7-25(21)28/h4-5,7-8,17-20,29,32H,3,6,9-16H2,1-2H3. The summed E-state index contributed by atoms with van der Waals surface area (Å²) in [5.74, 6) is 0.885. The minimum Gasteiger partial charge on any atom is -0.508 e. The molecule has 2 fully saturated rings. The number of allylic oxidation sites excluding steroid dienone is 1. The molecule has 6 heteroatoms. The molecule has 0 amide bonds. The van der Waals surface area contributed by atoms with E-state index in [1.807, 2.05) is 18.2 Å². The van der Waals surface area contributed by atoms with Gasteiger partial charge in [0.05, 0.1) is 5.69 Å². The molecular weight excluding hydrogens is 445 g/mol. The average molecular weight is 482 g/mol. The van der Waals surface area contributed by atoms with E-state index in [0.29, 0.717) is 17.5 Å². The Morgan fingerprint density at radius 2 is 1.71 bits per heavy atom. The first-order valence-electron chi connectivity index (χ1n) is 12.8. The Hall–Kier alpha value is -2.41. The molecule has 0 bridgehead atoms. The largest absolute Gasteiger partial charge is 0.508 e. The Labute approximate surface area is 207 Å².